The van der Waals surface area contributed by atoms with Crippen molar-refractivity contribution < 1.29 is 14.4 Å². The van der Waals surface area contributed by atoms with E-state index < -0.39 is 12.1 Å². The smallest absolute Gasteiger partial charge is 0.247 e. The summed E-state index contributed by atoms with van der Waals surface area (Å²) in [6.07, 6.45) is 11.7. The minimum Gasteiger partial charge on any atom is -0.344 e. The highest BCUT2D eigenvalue weighted by molar-refractivity contribution is 5.98. The summed E-state index contributed by atoms with van der Waals surface area (Å²) >= 11 is 0. The van der Waals surface area contributed by atoms with Gasteiger partial charge in [-0.3, -0.25) is 19.4 Å². The Morgan fingerprint density at radius 3 is 2.54 bits per heavy atom. The molecule has 3 amide bonds. The van der Waals surface area contributed by atoms with Crippen LogP contribution in [-0.4, -0.2) is 46.2 Å². The fourth-order valence-corrected chi connectivity index (χ4v) is 3.19. The van der Waals surface area contributed by atoms with Gasteiger partial charge in [-0.05, 0) is 31.9 Å². The fraction of sp³-hybridized carbons (Fsp3) is 0.368. The second-order valence-corrected chi connectivity index (χ2v) is 6.44. The number of nitrogens with one attached hydrogen (secondary N) is 2. The van der Waals surface area contributed by atoms with Crippen molar-refractivity contribution in [1.82, 2.24) is 15.2 Å². The maximum absolute atomic E-state index is 12.7. The van der Waals surface area contributed by atoms with Gasteiger partial charge in [0.15, 0.2) is 0 Å². The lowest BCUT2D eigenvalue weighted by Crippen LogP contribution is -2.52. The van der Waals surface area contributed by atoms with Gasteiger partial charge in [0.1, 0.15) is 12.1 Å². The number of anilines is 1. The molecule has 1 aliphatic heterocycles. The molecular formula is C19H22N4O3. The molecular weight excluding hydrogens is 332 g/mol. The number of aromatic nitrogens is 1. The van der Waals surface area contributed by atoms with Gasteiger partial charge in [0, 0.05) is 24.6 Å². The van der Waals surface area contributed by atoms with E-state index in [4.69, 9.17) is 0 Å². The third kappa shape index (κ3) is 3.99. The molecule has 1 aromatic rings. The van der Waals surface area contributed by atoms with E-state index in [9.17, 15) is 14.4 Å². The largest absolute Gasteiger partial charge is 0.344 e. The molecule has 0 radical (unpaired) electrons. The SMILES string of the molecule is C[C@H](NC(=O)C1C=CC=C1)C(=O)N1CCC[C@@H]1C(=O)Nc1ccncc1. The van der Waals surface area contributed by atoms with E-state index >= 15 is 0 Å². The zero-order chi connectivity index (χ0) is 18.5. The molecule has 136 valence electrons. The fourth-order valence-electron chi connectivity index (χ4n) is 3.19. The quantitative estimate of drug-likeness (QED) is 0.833. The van der Waals surface area contributed by atoms with Crippen LogP contribution >= 0.6 is 0 Å². The topological polar surface area (TPSA) is 91.4 Å². The molecule has 3 rings (SSSR count). The van der Waals surface area contributed by atoms with Crippen LogP contribution < -0.4 is 10.6 Å². The molecule has 0 saturated carbocycles. The molecule has 0 bridgehead atoms. The molecule has 26 heavy (non-hydrogen) atoms. The van der Waals surface area contributed by atoms with Gasteiger partial charge < -0.3 is 15.5 Å². The van der Waals surface area contributed by atoms with Gasteiger partial charge in [-0.15, -0.1) is 0 Å². The Morgan fingerprint density at radius 1 is 1.15 bits per heavy atom. The predicted octanol–water partition coefficient (Wildman–Crippen LogP) is 1.26. The average molecular weight is 354 g/mol. The minimum absolute atomic E-state index is 0.215. The van der Waals surface area contributed by atoms with Crippen molar-refractivity contribution in [3.8, 4) is 0 Å². The number of likely N-dealkylation sites (tertiary alicyclic amines) is 1. The van der Waals surface area contributed by atoms with E-state index in [1.54, 1.807) is 60.7 Å². The van der Waals surface area contributed by atoms with E-state index in [1.807, 2.05) is 0 Å². The normalized spacial score (nSPS) is 20.2. The van der Waals surface area contributed by atoms with E-state index in [2.05, 4.69) is 15.6 Å². The van der Waals surface area contributed by atoms with Crippen molar-refractivity contribution in [2.24, 2.45) is 5.92 Å². The van der Waals surface area contributed by atoms with Crippen LogP contribution in [0.1, 0.15) is 19.8 Å². The highest BCUT2D eigenvalue weighted by Gasteiger charge is 2.36. The van der Waals surface area contributed by atoms with Crippen LogP contribution in [0.4, 0.5) is 5.69 Å². The number of pyridine rings is 1. The Hall–Kier alpha value is -2.96. The third-order valence-corrected chi connectivity index (χ3v) is 4.57. The second kappa shape index (κ2) is 7.95. The first-order valence-corrected chi connectivity index (χ1v) is 8.73. The van der Waals surface area contributed by atoms with Crippen molar-refractivity contribution in [2.45, 2.75) is 31.8 Å². The first-order valence-electron chi connectivity index (χ1n) is 8.73. The van der Waals surface area contributed by atoms with Crippen LogP contribution in [0, 0.1) is 5.92 Å². The number of carbonyl (C=O) groups is 3. The number of hydrogen-bond acceptors (Lipinski definition) is 4. The molecule has 0 spiro atoms. The lowest BCUT2D eigenvalue weighted by Gasteiger charge is -2.27. The van der Waals surface area contributed by atoms with Crippen LogP contribution in [-0.2, 0) is 14.4 Å². The number of nitrogens with zero attached hydrogens (tertiary/aromatic N) is 2. The Balaban J connectivity index is 1.60. The van der Waals surface area contributed by atoms with Crippen LogP contribution in [0.3, 0.4) is 0 Å². The van der Waals surface area contributed by atoms with Gasteiger partial charge in [-0.2, -0.15) is 0 Å². The van der Waals surface area contributed by atoms with Crippen molar-refractivity contribution in [2.75, 3.05) is 11.9 Å². The molecule has 1 fully saturated rings. The first kappa shape index (κ1) is 17.8. The van der Waals surface area contributed by atoms with Gasteiger partial charge in [0.2, 0.25) is 17.7 Å². The number of hydrogen-bond donors (Lipinski definition) is 2. The highest BCUT2D eigenvalue weighted by atomic mass is 16.2. The third-order valence-electron chi connectivity index (χ3n) is 4.57. The van der Waals surface area contributed by atoms with Gasteiger partial charge in [0.25, 0.3) is 0 Å². The summed E-state index contributed by atoms with van der Waals surface area (Å²) in [6.45, 7) is 2.16. The monoisotopic (exact) mass is 354 g/mol. The van der Waals surface area contributed by atoms with Crippen LogP contribution in [0.15, 0.2) is 48.8 Å². The molecule has 2 atom stereocenters. The van der Waals surface area contributed by atoms with Gasteiger partial charge in [0.05, 0.1) is 5.92 Å². The van der Waals surface area contributed by atoms with Crippen LogP contribution in [0.25, 0.3) is 0 Å². The molecule has 1 aliphatic carbocycles. The Labute approximate surface area is 152 Å². The minimum atomic E-state index is -0.681. The molecule has 1 saturated heterocycles. The summed E-state index contributed by atoms with van der Waals surface area (Å²) in [7, 11) is 0. The van der Waals surface area contributed by atoms with Gasteiger partial charge in [-0.25, -0.2) is 0 Å². The molecule has 2 heterocycles. The summed E-state index contributed by atoms with van der Waals surface area (Å²) in [4.78, 5) is 42.9. The highest BCUT2D eigenvalue weighted by Crippen LogP contribution is 2.20. The Bertz CT molecular complexity index is 732. The molecule has 2 N–H and O–H groups in total. The first-order chi connectivity index (χ1) is 12.6. The molecule has 1 aromatic heterocycles. The standard InChI is InChI=1S/C19H22N4O3/c1-13(21-17(24)14-5-2-3-6-14)19(26)23-12-4-7-16(23)18(25)22-15-8-10-20-11-9-15/h2-3,5-6,8-11,13-14,16H,4,7,12H2,1H3,(H,21,24)(H,20,22,25)/t13-,16+/m0/s1. The lowest BCUT2D eigenvalue weighted by atomic mass is 10.1. The van der Waals surface area contributed by atoms with E-state index in [0.29, 0.717) is 18.7 Å². The number of allylic oxidation sites excluding steroid dienone is 2. The van der Waals surface area contributed by atoms with Gasteiger partial charge in [-0.1, -0.05) is 24.3 Å². The van der Waals surface area contributed by atoms with E-state index in [0.717, 1.165) is 6.42 Å². The predicted molar refractivity (Wildman–Crippen MR) is 97.0 cm³/mol. The van der Waals surface area contributed by atoms with E-state index in [1.165, 1.54) is 0 Å². The van der Waals surface area contributed by atoms with Crippen LogP contribution in [0.2, 0.25) is 0 Å². The number of rotatable bonds is 5. The van der Waals surface area contributed by atoms with E-state index in [-0.39, 0.29) is 23.6 Å². The maximum Gasteiger partial charge on any atom is 0.247 e. The molecule has 0 aromatic carbocycles. The van der Waals surface area contributed by atoms with Crippen molar-refractivity contribution >= 4 is 23.4 Å². The van der Waals surface area contributed by atoms with Crippen molar-refractivity contribution in [3.63, 3.8) is 0 Å². The lowest BCUT2D eigenvalue weighted by molar-refractivity contribution is -0.139. The van der Waals surface area contributed by atoms with Crippen LogP contribution in [0.5, 0.6) is 0 Å². The Kier molecular flexibility index (Phi) is 5.46. The molecule has 7 heteroatoms. The summed E-state index contributed by atoms with van der Waals surface area (Å²) in [5, 5.41) is 5.55. The summed E-state index contributed by atoms with van der Waals surface area (Å²) in [5.74, 6) is -1.01. The number of amides is 3. The van der Waals surface area contributed by atoms with Crippen molar-refractivity contribution in [1.29, 1.82) is 0 Å². The maximum atomic E-state index is 12.7. The summed E-state index contributed by atoms with van der Waals surface area (Å²) < 4.78 is 0. The zero-order valence-electron chi connectivity index (χ0n) is 14.6. The molecule has 0 unspecified atom stereocenters. The van der Waals surface area contributed by atoms with Crippen molar-refractivity contribution in [3.05, 3.63) is 48.8 Å². The molecule has 2 aliphatic rings. The summed E-state index contributed by atoms with van der Waals surface area (Å²) in [5.41, 5.74) is 0.644. The Morgan fingerprint density at radius 2 is 1.85 bits per heavy atom. The van der Waals surface area contributed by atoms with Gasteiger partial charge >= 0.3 is 0 Å². The number of carbonyl (C=O) groups excluding carboxylic acids is 3. The zero-order valence-corrected chi connectivity index (χ0v) is 14.6. The second-order valence-electron chi connectivity index (χ2n) is 6.44. The average Bonchev–Trinajstić information content (AvgIpc) is 3.33. The summed E-state index contributed by atoms with van der Waals surface area (Å²) in [6, 6.07) is 2.19. The molecule has 7 nitrogen and oxygen atoms in total.